The van der Waals surface area contributed by atoms with Crippen molar-refractivity contribution in [3.8, 4) is 6.07 Å². The van der Waals surface area contributed by atoms with Gasteiger partial charge in [0.15, 0.2) is 5.69 Å². The van der Waals surface area contributed by atoms with Crippen LogP contribution in [0.3, 0.4) is 0 Å². The maximum atomic E-state index is 10.5. The third-order valence-corrected chi connectivity index (χ3v) is 1.44. The summed E-state index contributed by atoms with van der Waals surface area (Å²) in [5, 5.41) is 26.0. The average Bonchev–Trinajstić information content (AvgIpc) is 2.52. The fraction of sp³-hybridized carbons (Fsp3) is 0.333. The number of H-pyrrole nitrogens is 1. The number of hydrogen-bond donors (Lipinski definition) is 3. The Morgan fingerprint density at radius 3 is 3.00 bits per heavy atom. The predicted octanol–water partition coefficient (Wildman–Crippen LogP) is -0.584. The second-order valence-corrected chi connectivity index (χ2v) is 2.33. The Morgan fingerprint density at radius 2 is 2.46 bits per heavy atom. The van der Waals surface area contributed by atoms with Crippen LogP contribution in [0.5, 0.6) is 0 Å². The number of nitrogens with zero attached hydrogens (tertiary/aromatic N) is 3. The topological polar surface area (TPSA) is 129 Å². The molecular formula is C6H7N5O2. The molecule has 0 aliphatic heterocycles. The van der Waals surface area contributed by atoms with Gasteiger partial charge in [-0.25, -0.2) is 4.79 Å². The highest BCUT2D eigenvalue weighted by atomic mass is 16.4. The Balaban J connectivity index is 2.94. The number of nitrogens with one attached hydrogen (secondary N) is 1. The molecule has 0 amide bonds. The molecule has 0 aromatic carbocycles. The van der Waals surface area contributed by atoms with E-state index in [1.54, 1.807) is 0 Å². The van der Waals surface area contributed by atoms with Gasteiger partial charge in [-0.3, -0.25) is 0 Å². The molecule has 0 spiro atoms. The molecule has 1 heterocycles. The molecule has 68 valence electrons. The smallest absolute Gasteiger partial charge is 0.358 e. The van der Waals surface area contributed by atoms with Crippen molar-refractivity contribution in [1.82, 2.24) is 15.4 Å². The first-order chi connectivity index (χ1) is 6.16. The quantitative estimate of drug-likeness (QED) is 0.571. The first-order valence-corrected chi connectivity index (χ1v) is 3.43. The van der Waals surface area contributed by atoms with Gasteiger partial charge in [-0.2, -0.15) is 15.6 Å². The number of rotatable bonds is 3. The summed E-state index contributed by atoms with van der Waals surface area (Å²) in [5.41, 5.74) is 5.35. The number of aromatic nitrogens is 3. The summed E-state index contributed by atoms with van der Waals surface area (Å²) in [6.07, 6.45) is 0.00676. The van der Waals surface area contributed by atoms with E-state index in [0.717, 1.165) is 0 Å². The Hall–Kier alpha value is -1.94. The van der Waals surface area contributed by atoms with E-state index in [1.165, 1.54) is 0 Å². The van der Waals surface area contributed by atoms with Gasteiger partial charge in [0.05, 0.1) is 18.5 Å². The molecule has 1 aromatic rings. The van der Waals surface area contributed by atoms with E-state index in [2.05, 4.69) is 15.4 Å². The van der Waals surface area contributed by atoms with Crippen LogP contribution in [0.25, 0.3) is 0 Å². The highest BCUT2D eigenvalue weighted by molar-refractivity contribution is 5.86. The SMILES string of the molecule is N#CC[C@@H](N)c1n[nH]nc1C(=O)O. The van der Waals surface area contributed by atoms with Crippen LogP contribution in [0.15, 0.2) is 0 Å². The molecule has 0 saturated carbocycles. The minimum Gasteiger partial charge on any atom is -0.476 e. The van der Waals surface area contributed by atoms with Crippen molar-refractivity contribution in [2.45, 2.75) is 12.5 Å². The molecule has 0 radical (unpaired) electrons. The number of nitriles is 1. The fourth-order valence-electron chi connectivity index (χ4n) is 0.850. The maximum absolute atomic E-state index is 10.5. The highest BCUT2D eigenvalue weighted by Crippen LogP contribution is 2.13. The van der Waals surface area contributed by atoms with Crippen molar-refractivity contribution >= 4 is 5.97 Å². The van der Waals surface area contributed by atoms with E-state index in [9.17, 15) is 4.79 Å². The van der Waals surface area contributed by atoms with Gasteiger partial charge in [-0.1, -0.05) is 0 Å². The predicted molar refractivity (Wildman–Crippen MR) is 40.5 cm³/mol. The molecule has 0 bridgehead atoms. The number of carbonyl (C=O) groups is 1. The third-order valence-electron chi connectivity index (χ3n) is 1.44. The fourth-order valence-corrected chi connectivity index (χ4v) is 0.850. The summed E-state index contributed by atoms with van der Waals surface area (Å²) in [5.74, 6) is -1.21. The van der Waals surface area contributed by atoms with Crippen molar-refractivity contribution in [3.05, 3.63) is 11.4 Å². The zero-order valence-corrected chi connectivity index (χ0v) is 6.56. The molecule has 13 heavy (non-hydrogen) atoms. The molecule has 0 unspecified atom stereocenters. The summed E-state index contributed by atoms with van der Waals surface area (Å²) in [6.45, 7) is 0. The van der Waals surface area contributed by atoms with Crippen LogP contribution in [-0.2, 0) is 0 Å². The molecule has 4 N–H and O–H groups in total. The third kappa shape index (κ3) is 1.80. The minimum absolute atomic E-state index is 0.00676. The molecule has 0 aliphatic carbocycles. The van der Waals surface area contributed by atoms with Crippen LogP contribution in [0, 0.1) is 11.3 Å². The molecular weight excluding hydrogens is 174 g/mol. The van der Waals surface area contributed by atoms with Crippen molar-refractivity contribution in [2.75, 3.05) is 0 Å². The summed E-state index contributed by atoms with van der Waals surface area (Å²) < 4.78 is 0. The van der Waals surface area contributed by atoms with E-state index in [-0.39, 0.29) is 17.8 Å². The van der Waals surface area contributed by atoms with Crippen LogP contribution in [0.1, 0.15) is 28.6 Å². The number of carboxylic acid groups (broad SMARTS) is 1. The first kappa shape index (κ1) is 9.15. The van der Waals surface area contributed by atoms with Gasteiger partial charge in [-0.05, 0) is 0 Å². The lowest BCUT2D eigenvalue weighted by molar-refractivity contribution is 0.0688. The Morgan fingerprint density at radius 1 is 1.77 bits per heavy atom. The van der Waals surface area contributed by atoms with Crippen molar-refractivity contribution in [1.29, 1.82) is 5.26 Å². The number of nitrogens with two attached hydrogens (primary N) is 1. The zero-order valence-electron chi connectivity index (χ0n) is 6.56. The van der Waals surface area contributed by atoms with Gasteiger partial charge in [-0.15, -0.1) is 5.10 Å². The van der Waals surface area contributed by atoms with Gasteiger partial charge in [0, 0.05) is 0 Å². The summed E-state index contributed by atoms with van der Waals surface area (Å²) in [7, 11) is 0. The highest BCUT2D eigenvalue weighted by Gasteiger charge is 2.20. The number of aromatic amines is 1. The lowest BCUT2D eigenvalue weighted by atomic mass is 10.1. The first-order valence-electron chi connectivity index (χ1n) is 3.43. The molecule has 1 aromatic heterocycles. The van der Waals surface area contributed by atoms with Crippen molar-refractivity contribution in [2.24, 2.45) is 5.73 Å². The molecule has 0 saturated heterocycles. The van der Waals surface area contributed by atoms with Crippen molar-refractivity contribution in [3.63, 3.8) is 0 Å². The lowest BCUT2D eigenvalue weighted by Gasteiger charge is -2.01. The second kappa shape index (κ2) is 3.64. The number of hydrogen-bond acceptors (Lipinski definition) is 5. The Bertz CT molecular complexity index is 352. The monoisotopic (exact) mass is 181 g/mol. The molecule has 0 aliphatic rings. The van der Waals surface area contributed by atoms with Gasteiger partial charge in [0.25, 0.3) is 0 Å². The molecule has 1 rings (SSSR count). The van der Waals surface area contributed by atoms with E-state index in [4.69, 9.17) is 16.1 Å². The maximum Gasteiger partial charge on any atom is 0.358 e. The van der Waals surface area contributed by atoms with Crippen LogP contribution in [0.4, 0.5) is 0 Å². The van der Waals surface area contributed by atoms with E-state index >= 15 is 0 Å². The van der Waals surface area contributed by atoms with Crippen LogP contribution >= 0.6 is 0 Å². The normalized spacial score (nSPS) is 12.0. The molecule has 0 fully saturated rings. The Labute approximate surface area is 73.2 Å². The van der Waals surface area contributed by atoms with Crippen LogP contribution in [0.2, 0.25) is 0 Å². The van der Waals surface area contributed by atoms with E-state index < -0.39 is 12.0 Å². The lowest BCUT2D eigenvalue weighted by Crippen LogP contribution is -2.14. The van der Waals surface area contributed by atoms with Crippen molar-refractivity contribution < 1.29 is 9.90 Å². The summed E-state index contributed by atoms with van der Waals surface area (Å²) in [6, 6.07) is 1.11. The van der Waals surface area contributed by atoms with Crippen LogP contribution < -0.4 is 5.73 Å². The number of carboxylic acids is 1. The standard InChI is InChI=1S/C6H7N5O2/c7-2-1-3(8)4-5(6(12)13)10-11-9-4/h3H,1,8H2,(H,12,13)(H,9,10,11)/t3-/m1/s1. The van der Waals surface area contributed by atoms with Gasteiger partial charge >= 0.3 is 5.97 Å². The van der Waals surface area contributed by atoms with Gasteiger partial charge < -0.3 is 10.8 Å². The largest absolute Gasteiger partial charge is 0.476 e. The summed E-state index contributed by atoms with van der Waals surface area (Å²) >= 11 is 0. The molecule has 7 heteroatoms. The Kier molecular flexibility index (Phi) is 2.56. The van der Waals surface area contributed by atoms with Crippen LogP contribution in [-0.4, -0.2) is 26.5 Å². The van der Waals surface area contributed by atoms with Gasteiger partial charge in [0.1, 0.15) is 5.69 Å². The number of aromatic carboxylic acids is 1. The van der Waals surface area contributed by atoms with E-state index in [1.807, 2.05) is 6.07 Å². The minimum atomic E-state index is -1.21. The van der Waals surface area contributed by atoms with Gasteiger partial charge in [0.2, 0.25) is 0 Å². The molecule has 1 atom stereocenters. The van der Waals surface area contributed by atoms with E-state index in [0.29, 0.717) is 0 Å². The summed E-state index contributed by atoms with van der Waals surface area (Å²) in [4.78, 5) is 10.5. The second-order valence-electron chi connectivity index (χ2n) is 2.33. The molecule has 7 nitrogen and oxygen atoms in total. The zero-order chi connectivity index (χ0) is 9.84. The average molecular weight is 181 g/mol.